The second kappa shape index (κ2) is 11.7. The van der Waals surface area contributed by atoms with Crippen LogP contribution < -0.4 is 5.32 Å². The Bertz CT molecular complexity index is 1160. The van der Waals surface area contributed by atoms with Gasteiger partial charge in [-0.3, -0.25) is 4.57 Å². The van der Waals surface area contributed by atoms with Gasteiger partial charge in [-0.25, -0.2) is 14.6 Å². The smallest absolute Gasteiger partial charge is 0.356 e. The van der Waals surface area contributed by atoms with E-state index in [9.17, 15) is 24.4 Å². The third-order valence-electron chi connectivity index (χ3n) is 4.58. The molecule has 2 aromatic rings. The first-order valence-corrected chi connectivity index (χ1v) is 11.5. The SMILES string of the molecule is COC(=O)c1cc(/C=N/C(=S)NC(c2ccc(O)c(C(=O)OC)c2)P(=O)(OC)OC)ccc1O. The van der Waals surface area contributed by atoms with Crippen molar-refractivity contribution in [1.29, 1.82) is 0 Å². The normalized spacial score (nSPS) is 12.2. The van der Waals surface area contributed by atoms with E-state index in [0.29, 0.717) is 5.56 Å². The largest absolute Gasteiger partial charge is 0.507 e. The van der Waals surface area contributed by atoms with Crippen molar-refractivity contribution in [1.82, 2.24) is 5.32 Å². The van der Waals surface area contributed by atoms with E-state index in [1.807, 2.05) is 0 Å². The molecule has 1 atom stereocenters. The highest BCUT2D eigenvalue weighted by molar-refractivity contribution is 7.80. The number of carbonyl (C=O) groups excluding carboxylic acids is 2. The fourth-order valence-corrected chi connectivity index (χ4v) is 4.46. The van der Waals surface area contributed by atoms with E-state index in [1.165, 1.54) is 63.9 Å². The summed E-state index contributed by atoms with van der Waals surface area (Å²) in [6.45, 7) is 0. The van der Waals surface area contributed by atoms with Gasteiger partial charge in [-0.15, -0.1) is 0 Å². The Hall–Kier alpha value is -3.31. The van der Waals surface area contributed by atoms with Crippen LogP contribution in [0.2, 0.25) is 0 Å². The van der Waals surface area contributed by atoms with Crippen molar-refractivity contribution in [3.8, 4) is 11.5 Å². The molecule has 13 heteroatoms. The van der Waals surface area contributed by atoms with Crippen molar-refractivity contribution in [2.24, 2.45) is 4.99 Å². The molecular weight excluding hydrogens is 487 g/mol. The molecule has 0 radical (unpaired) electrons. The molecule has 0 aliphatic heterocycles. The van der Waals surface area contributed by atoms with Gasteiger partial charge in [0.05, 0.1) is 14.2 Å². The molecule has 34 heavy (non-hydrogen) atoms. The number of phenols is 2. The Morgan fingerprint density at radius 2 is 1.50 bits per heavy atom. The topological polar surface area (TPSA) is 153 Å². The molecule has 0 aliphatic rings. The van der Waals surface area contributed by atoms with Crippen molar-refractivity contribution in [2.75, 3.05) is 28.4 Å². The Morgan fingerprint density at radius 1 is 0.971 bits per heavy atom. The van der Waals surface area contributed by atoms with Crippen LogP contribution in [0, 0.1) is 0 Å². The number of benzene rings is 2. The van der Waals surface area contributed by atoms with Crippen molar-refractivity contribution < 1.29 is 42.9 Å². The molecular formula is C21H23N2O9PS. The molecule has 11 nitrogen and oxygen atoms in total. The first kappa shape index (κ1) is 26.9. The summed E-state index contributed by atoms with van der Waals surface area (Å²) in [5.74, 6) is -3.35. The number of ether oxygens (including phenoxy) is 2. The lowest BCUT2D eigenvalue weighted by molar-refractivity contribution is 0.0588. The van der Waals surface area contributed by atoms with Crippen molar-refractivity contribution >= 4 is 43.1 Å². The van der Waals surface area contributed by atoms with E-state index in [0.717, 1.165) is 7.11 Å². The second-order valence-electron chi connectivity index (χ2n) is 6.55. The van der Waals surface area contributed by atoms with Gasteiger partial charge in [-0.1, -0.05) is 6.07 Å². The number of nitrogens with zero attached hydrogens (tertiary/aromatic N) is 1. The number of aromatic hydroxyl groups is 2. The maximum atomic E-state index is 13.2. The summed E-state index contributed by atoms with van der Waals surface area (Å²) in [5, 5.41) is 22.4. The molecule has 1 unspecified atom stereocenters. The summed E-state index contributed by atoms with van der Waals surface area (Å²) in [4.78, 5) is 27.8. The number of thiocarbonyl (C=S) groups is 1. The summed E-state index contributed by atoms with van der Waals surface area (Å²) in [7, 11) is 0.820. The van der Waals surface area contributed by atoms with Crippen LogP contribution >= 0.6 is 19.8 Å². The van der Waals surface area contributed by atoms with E-state index in [1.54, 1.807) is 0 Å². The zero-order valence-corrected chi connectivity index (χ0v) is 20.4. The fourth-order valence-electron chi connectivity index (χ4n) is 2.82. The highest BCUT2D eigenvalue weighted by Gasteiger charge is 2.37. The van der Waals surface area contributed by atoms with Gasteiger partial charge < -0.3 is 34.1 Å². The number of hydrogen-bond acceptors (Lipinski definition) is 10. The van der Waals surface area contributed by atoms with E-state index in [2.05, 4.69) is 19.8 Å². The minimum atomic E-state index is -3.87. The highest BCUT2D eigenvalue weighted by Crippen LogP contribution is 2.58. The standard InChI is InChI=1S/C21H23N2O9PS/c1-29-19(26)14-9-12(5-7-16(14)24)11-22-21(34)23-18(33(28,31-3)32-4)13-6-8-17(25)15(10-13)20(27)30-2/h5-11,18,24-25H,1-4H3,(H,23,34)/b22-11+. The van der Waals surface area contributed by atoms with Crippen LogP contribution in [0.3, 0.4) is 0 Å². The molecule has 0 bridgehead atoms. The zero-order chi connectivity index (χ0) is 25.5. The molecule has 0 amide bonds. The Morgan fingerprint density at radius 3 is 2.03 bits per heavy atom. The molecule has 182 valence electrons. The van der Waals surface area contributed by atoms with Crippen LogP contribution in [0.4, 0.5) is 0 Å². The summed E-state index contributed by atoms with van der Waals surface area (Å²) in [6, 6.07) is 8.02. The number of rotatable bonds is 8. The maximum absolute atomic E-state index is 13.2. The molecule has 2 rings (SSSR count). The minimum absolute atomic E-state index is 0.0640. The van der Waals surface area contributed by atoms with Crippen LogP contribution in [0.1, 0.15) is 37.6 Å². The van der Waals surface area contributed by atoms with Gasteiger partial charge in [0.25, 0.3) is 0 Å². The minimum Gasteiger partial charge on any atom is -0.507 e. The Labute approximate surface area is 200 Å². The van der Waals surface area contributed by atoms with E-state index in [-0.39, 0.29) is 33.3 Å². The van der Waals surface area contributed by atoms with E-state index >= 15 is 0 Å². The van der Waals surface area contributed by atoms with Crippen LogP contribution in [-0.4, -0.2) is 61.9 Å². The lowest BCUT2D eigenvalue weighted by Crippen LogP contribution is -2.27. The van der Waals surface area contributed by atoms with E-state index < -0.39 is 25.3 Å². The number of phenolic OH excluding ortho intramolecular Hbond substituents is 2. The average Bonchev–Trinajstić information content (AvgIpc) is 2.85. The molecule has 0 saturated carbocycles. The maximum Gasteiger partial charge on any atom is 0.356 e. The molecule has 0 heterocycles. The molecule has 2 aromatic carbocycles. The number of carbonyl (C=O) groups is 2. The predicted molar refractivity (Wildman–Crippen MR) is 127 cm³/mol. The molecule has 0 aromatic heterocycles. The van der Waals surface area contributed by atoms with Gasteiger partial charge in [-0.05, 0) is 53.7 Å². The second-order valence-corrected chi connectivity index (χ2v) is 9.26. The number of nitrogens with one attached hydrogen (secondary N) is 1. The summed E-state index contributed by atoms with van der Waals surface area (Å²) in [5.41, 5.74) is 0.420. The van der Waals surface area contributed by atoms with Gasteiger partial charge in [0.1, 0.15) is 22.6 Å². The van der Waals surface area contributed by atoms with Crippen molar-refractivity contribution in [3.63, 3.8) is 0 Å². The summed E-state index contributed by atoms with van der Waals surface area (Å²) >= 11 is 5.24. The molecule has 0 saturated heterocycles. The van der Waals surface area contributed by atoms with E-state index in [4.69, 9.17) is 21.3 Å². The lowest BCUT2D eigenvalue weighted by atomic mass is 10.1. The number of methoxy groups -OCH3 is 2. The first-order chi connectivity index (χ1) is 16.1. The Kier molecular flexibility index (Phi) is 9.28. The van der Waals surface area contributed by atoms with Crippen LogP contribution in [-0.2, 0) is 23.1 Å². The summed E-state index contributed by atoms with van der Waals surface area (Å²) in [6.07, 6.45) is 1.31. The van der Waals surface area contributed by atoms with Crippen LogP contribution in [0.15, 0.2) is 41.4 Å². The van der Waals surface area contributed by atoms with Crippen molar-refractivity contribution in [2.45, 2.75) is 5.78 Å². The Balaban J connectivity index is 2.39. The number of aliphatic imine (C=N–C) groups is 1. The van der Waals surface area contributed by atoms with Gasteiger partial charge in [0.2, 0.25) is 0 Å². The van der Waals surface area contributed by atoms with Crippen molar-refractivity contribution in [3.05, 3.63) is 58.7 Å². The predicted octanol–water partition coefficient (Wildman–Crippen LogP) is 3.15. The average molecular weight is 510 g/mol. The number of hydrogen-bond donors (Lipinski definition) is 3. The zero-order valence-electron chi connectivity index (χ0n) is 18.7. The lowest BCUT2D eigenvalue weighted by Gasteiger charge is -2.26. The van der Waals surface area contributed by atoms with Gasteiger partial charge in [-0.2, -0.15) is 0 Å². The third kappa shape index (κ3) is 6.17. The quantitative estimate of drug-likeness (QED) is 0.208. The molecule has 0 fully saturated rings. The molecule has 0 aliphatic carbocycles. The summed E-state index contributed by atoms with van der Waals surface area (Å²) < 4.78 is 32.7. The van der Waals surface area contributed by atoms with Gasteiger partial charge in [0.15, 0.2) is 10.9 Å². The molecule has 3 N–H and O–H groups in total. The number of esters is 2. The fraction of sp³-hybridized carbons (Fsp3) is 0.238. The van der Waals surface area contributed by atoms with Crippen LogP contribution in [0.5, 0.6) is 11.5 Å². The van der Waals surface area contributed by atoms with Crippen LogP contribution in [0.25, 0.3) is 0 Å². The highest BCUT2D eigenvalue weighted by atomic mass is 32.1. The monoisotopic (exact) mass is 510 g/mol. The van der Waals surface area contributed by atoms with Gasteiger partial charge in [0, 0.05) is 20.4 Å². The first-order valence-electron chi connectivity index (χ1n) is 9.48. The van der Waals surface area contributed by atoms with Gasteiger partial charge >= 0.3 is 19.5 Å². The third-order valence-corrected chi connectivity index (χ3v) is 6.88. The molecule has 0 spiro atoms.